The normalized spacial score (nSPS) is 10.2. The van der Waals surface area contributed by atoms with E-state index in [0.717, 1.165) is 12.1 Å². The minimum absolute atomic E-state index is 0.126. The Labute approximate surface area is 127 Å². The number of nitrogens with zero attached hydrogens (tertiary/aromatic N) is 1. The van der Waals surface area contributed by atoms with Crippen molar-refractivity contribution in [1.82, 2.24) is 5.16 Å². The van der Waals surface area contributed by atoms with Gasteiger partial charge in [-0.1, -0.05) is 5.16 Å². The molecule has 8 heteroatoms. The van der Waals surface area contributed by atoms with E-state index in [1.54, 1.807) is 6.92 Å². The Morgan fingerprint density at radius 2 is 2.19 bits per heavy atom. The average molecular weight is 357 g/mol. The highest BCUT2D eigenvalue weighted by Gasteiger charge is 2.14. The Bertz CT molecular complexity index is 687. The molecule has 6 nitrogen and oxygen atoms in total. The van der Waals surface area contributed by atoms with Crippen LogP contribution in [0, 0.1) is 12.7 Å². The van der Waals surface area contributed by atoms with E-state index in [-0.39, 0.29) is 15.9 Å². The van der Waals surface area contributed by atoms with Crippen LogP contribution >= 0.6 is 15.9 Å². The number of carbonyl (C=O) groups excluding carboxylic acids is 2. The van der Waals surface area contributed by atoms with E-state index in [2.05, 4.69) is 26.4 Å². The second-order valence-corrected chi connectivity index (χ2v) is 4.93. The standard InChI is InChI=1S/C13H10BrFN2O4/c1-7-4-11(17-21-7)16-12(18)6-20-13(19)9-3-2-8(15)5-10(9)14/h2-5H,6H2,1H3,(H,16,17,18). The Hall–Kier alpha value is -2.22. The molecule has 0 aliphatic heterocycles. The van der Waals surface area contributed by atoms with Crippen molar-refractivity contribution in [3.8, 4) is 0 Å². The first-order valence-electron chi connectivity index (χ1n) is 5.81. The number of benzene rings is 1. The molecule has 2 rings (SSSR count). The highest BCUT2D eigenvalue weighted by atomic mass is 79.9. The second-order valence-electron chi connectivity index (χ2n) is 4.07. The minimum Gasteiger partial charge on any atom is -0.452 e. The third kappa shape index (κ3) is 4.12. The maximum Gasteiger partial charge on any atom is 0.339 e. The number of rotatable bonds is 4. The number of amides is 1. The van der Waals surface area contributed by atoms with E-state index in [1.165, 1.54) is 12.1 Å². The Morgan fingerprint density at radius 3 is 2.81 bits per heavy atom. The van der Waals surface area contributed by atoms with Crippen molar-refractivity contribution in [3.63, 3.8) is 0 Å². The second kappa shape index (κ2) is 6.49. The first-order chi connectivity index (χ1) is 9.95. The third-order valence-electron chi connectivity index (χ3n) is 2.38. The van der Waals surface area contributed by atoms with Crippen molar-refractivity contribution in [2.75, 3.05) is 11.9 Å². The Balaban J connectivity index is 1.90. The fraction of sp³-hybridized carbons (Fsp3) is 0.154. The van der Waals surface area contributed by atoms with Crippen LogP contribution in [-0.4, -0.2) is 23.6 Å². The van der Waals surface area contributed by atoms with Crippen molar-refractivity contribution in [2.45, 2.75) is 6.92 Å². The van der Waals surface area contributed by atoms with Gasteiger partial charge in [0, 0.05) is 10.5 Å². The van der Waals surface area contributed by atoms with Gasteiger partial charge in [0.15, 0.2) is 12.4 Å². The number of ether oxygens (including phenoxy) is 1. The molecule has 0 saturated carbocycles. The zero-order valence-electron chi connectivity index (χ0n) is 10.9. The molecule has 2 aromatic rings. The van der Waals surface area contributed by atoms with E-state index >= 15 is 0 Å². The van der Waals surface area contributed by atoms with Gasteiger partial charge in [0.1, 0.15) is 11.6 Å². The molecule has 0 aliphatic carbocycles. The van der Waals surface area contributed by atoms with Crippen molar-refractivity contribution >= 4 is 33.6 Å². The van der Waals surface area contributed by atoms with Crippen molar-refractivity contribution in [1.29, 1.82) is 0 Å². The monoisotopic (exact) mass is 356 g/mol. The molecule has 0 atom stereocenters. The zero-order valence-corrected chi connectivity index (χ0v) is 12.4. The Kier molecular flexibility index (Phi) is 4.69. The molecule has 21 heavy (non-hydrogen) atoms. The van der Waals surface area contributed by atoms with E-state index in [1.807, 2.05) is 0 Å². The summed E-state index contributed by atoms with van der Waals surface area (Å²) >= 11 is 3.05. The van der Waals surface area contributed by atoms with E-state index in [4.69, 9.17) is 9.26 Å². The lowest BCUT2D eigenvalue weighted by molar-refractivity contribution is -0.119. The van der Waals surface area contributed by atoms with Crippen molar-refractivity contribution in [2.24, 2.45) is 0 Å². The first-order valence-corrected chi connectivity index (χ1v) is 6.60. The average Bonchev–Trinajstić information content (AvgIpc) is 2.81. The number of aryl methyl sites for hydroxylation is 1. The van der Waals surface area contributed by atoms with Crippen LogP contribution in [0.25, 0.3) is 0 Å². The molecule has 0 fully saturated rings. The number of esters is 1. The predicted molar refractivity (Wildman–Crippen MR) is 74.3 cm³/mol. The van der Waals surface area contributed by atoms with Gasteiger partial charge in [0.05, 0.1) is 5.56 Å². The molecular weight excluding hydrogens is 347 g/mol. The summed E-state index contributed by atoms with van der Waals surface area (Å²) in [5, 5.41) is 5.97. The zero-order chi connectivity index (χ0) is 15.4. The van der Waals surface area contributed by atoms with Crippen molar-refractivity contribution in [3.05, 3.63) is 45.9 Å². The topological polar surface area (TPSA) is 81.4 Å². The molecule has 1 heterocycles. The van der Waals surface area contributed by atoms with Gasteiger partial charge in [-0.3, -0.25) is 4.79 Å². The van der Waals surface area contributed by atoms with Crippen LogP contribution in [0.3, 0.4) is 0 Å². The summed E-state index contributed by atoms with van der Waals surface area (Å²) in [5.41, 5.74) is 0.126. The molecule has 0 aliphatic rings. The largest absolute Gasteiger partial charge is 0.452 e. The summed E-state index contributed by atoms with van der Waals surface area (Å²) in [6, 6.07) is 5.05. The van der Waals surface area contributed by atoms with Crippen LogP contribution in [0.4, 0.5) is 10.2 Å². The maximum absolute atomic E-state index is 12.9. The lowest BCUT2D eigenvalue weighted by Crippen LogP contribution is -2.21. The van der Waals surface area contributed by atoms with E-state index < -0.39 is 24.3 Å². The fourth-order valence-corrected chi connectivity index (χ4v) is 1.98. The third-order valence-corrected chi connectivity index (χ3v) is 3.04. The molecule has 0 saturated heterocycles. The van der Waals surface area contributed by atoms with Gasteiger partial charge in [-0.05, 0) is 41.1 Å². The summed E-state index contributed by atoms with van der Waals surface area (Å²) in [4.78, 5) is 23.3. The molecule has 0 radical (unpaired) electrons. The van der Waals surface area contributed by atoms with Gasteiger partial charge >= 0.3 is 5.97 Å². The first kappa shape index (κ1) is 15.2. The van der Waals surface area contributed by atoms with Crippen LogP contribution < -0.4 is 5.32 Å². The lowest BCUT2D eigenvalue weighted by atomic mass is 10.2. The van der Waals surface area contributed by atoms with Crippen LogP contribution in [0.2, 0.25) is 0 Å². The van der Waals surface area contributed by atoms with Crippen LogP contribution in [0.1, 0.15) is 16.1 Å². The summed E-state index contributed by atoms with van der Waals surface area (Å²) in [7, 11) is 0. The smallest absolute Gasteiger partial charge is 0.339 e. The molecule has 0 spiro atoms. The highest BCUT2D eigenvalue weighted by molar-refractivity contribution is 9.10. The van der Waals surface area contributed by atoms with Gasteiger partial charge in [0.2, 0.25) is 0 Å². The number of hydrogen-bond acceptors (Lipinski definition) is 5. The summed E-state index contributed by atoms with van der Waals surface area (Å²) < 4.78 is 22.8. The van der Waals surface area contributed by atoms with Gasteiger partial charge in [-0.2, -0.15) is 0 Å². The lowest BCUT2D eigenvalue weighted by Gasteiger charge is -2.06. The molecule has 1 aromatic heterocycles. The van der Waals surface area contributed by atoms with E-state index in [9.17, 15) is 14.0 Å². The fourth-order valence-electron chi connectivity index (χ4n) is 1.47. The molecule has 0 unspecified atom stereocenters. The van der Waals surface area contributed by atoms with Gasteiger partial charge in [-0.15, -0.1) is 0 Å². The van der Waals surface area contributed by atoms with Crippen LogP contribution in [0.15, 0.2) is 33.3 Å². The maximum atomic E-state index is 12.9. The summed E-state index contributed by atoms with van der Waals surface area (Å²) in [6.07, 6.45) is 0. The number of anilines is 1. The van der Waals surface area contributed by atoms with Gasteiger partial charge in [0.25, 0.3) is 5.91 Å². The molecule has 1 amide bonds. The SMILES string of the molecule is Cc1cc(NC(=O)COC(=O)c2ccc(F)cc2Br)no1. The molecule has 0 bridgehead atoms. The predicted octanol–water partition coefficient (Wildman–Crippen LogP) is 2.68. The number of hydrogen-bond donors (Lipinski definition) is 1. The molecule has 1 N–H and O–H groups in total. The summed E-state index contributed by atoms with van der Waals surface area (Å²) in [5.74, 6) is -1.02. The quantitative estimate of drug-likeness (QED) is 0.851. The highest BCUT2D eigenvalue weighted by Crippen LogP contribution is 2.18. The van der Waals surface area contributed by atoms with Crippen LogP contribution in [-0.2, 0) is 9.53 Å². The Morgan fingerprint density at radius 1 is 1.43 bits per heavy atom. The number of carbonyl (C=O) groups is 2. The van der Waals surface area contributed by atoms with Crippen molar-refractivity contribution < 1.29 is 23.2 Å². The number of nitrogens with one attached hydrogen (secondary N) is 1. The van der Waals surface area contributed by atoms with E-state index in [0.29, 0.717) is 5.76 Å². The number of halogens is 2. The van der Waals surface area contributed by atoms with Crippen LogP contribution in [0.5, 0.6) is 0 Å². The van der Waals surface area contributed by atoms with Gasteiger partial charge < -0.3 is 14.6 Å². The van der Waals surface area contributed by atoms with Gasteiger partial charge in [-0.25, -0.2) is 9.18 Å². The number of aromatic nitrogens is 1. The molecular formula is C13H10BrFN2O4. The molecule has 110 valence electrons. The minimum atomic E-state index is -0.742. The summed E-state index contributed by atoms with van der Waals surface area (Å²) in [6.45, 7) is 1.18. The molecule has 1 aromatic carbocycles.